The molecule has 3 nitrogen and oxygen atoms in total. The second-order valence-corrected chi connectivity index (χ2v) is 6.15. The Bertz CT molecular complexity index is 424. The number of hydrogen-bond acceptors (Lipinski definition) is 2. The predicted octanol–water partition coefficient (Wildman–Crippen LogP) is 3.11. The maximum atomic E-state index is 11.1. The van der Waals surface area contributed by atoms with Crippen LogP contribution in [0.4, 0.5) is 0 Å². The summed E-state index contributed by atoms with van der Waals surface area (Å²) >= 11 is 3.47. The third-order valence-corrected chi connectivity index (χ3v) is 4.37. The Balaban J connectivity index is 1.90. The third-order valence-electron chi connectivity index (χ3n) is 3.84. The van der Waals surface area contributed by atoms with Crippen LogP contribution in [0.3, 0.4) is 0 Å². The summed E-state index contributed by atoms with van der Waals surface area (Å²) in [5.74, 6) is 0.0828. The molecule has 0 spiro atoms. The van der Waals surface area contributed by atoms with Gasteiger partial charge in [0.1, 0.15) is 0 Å². The fourth-order valence-electron chi connectivity index (χ4n) is 2.67. The van der Waals surface area contributed by atoms with Crippen molar-refractivity contribution in [2.75, 3.05) is 13.1 Å². The lowest BCUT2D eigenvalue weighted by atomic mass is 10.0. The van der Waals surface area contributed by atoms with Crippen LogP contribution in [0.5, 0.6) is 0 Å². The SMILES string of the molecule is CC(=O)NC1CCN([C@@H](C)c2ccc(Br)cc2)CC1. The number of carbonyl (C=O) groups excluding carboxylic acids is 1. The van der Waals surface area contributed by atoms with E-state index in [0.29, 0.717) is 12.1 Å². The lowest BCUT2D eigenvalue weighted by molar-refractivity contribution is -0.120. The van der Waals surface area contributed by atoms with Gasteiger partial charge in [0.15, 0.2) is 0 Å². The van der Waals surface area contributed by atoms with Gasteiger partial charge in [-0.3, -0.25) is 9.69 Å². The summed E-state index contributed by atoms with van der Waals surface area (Å²) in [5.41, 5.74) is 1.35. The smallest absolute Gasteiger partial charge is 0.217 e. The molecule has 0 bridgehead atoms. The van der Waals surface area contributed by atoms with Gasteiger partial charge in [-0.15, -0.1) is 0 Å². The molecule has 1 aromatic rings. The molecule has 19 heavy (non-hydrogen) atoms. The first kappa shape index (κ1) is 14.5. The molecule has 1 heterocycles. The van der Waals surface area contributed by atoms with Crippen molar-refractivity contribution in [3.8, 4) is 0 Å². The Morgan fingerprint density at radius 3 is 2.42 bits per heavy atom. The summed E-state index contributed by atoms with van der Waals surface area (Å²) in [4.78, 5) is 13.5. The van der Waals surface area contributed by atoms with Gasteiger partial charge in [0.05, 0.1) is 0 Å². The number of rotatable bonds is 3. The van der Waals surface area contributed by atoms with E-state index in [9.17, 15) is 4.79 Å². The molecule has 1 aliphatic rings. The Morgan fingerprint density at radius 2 is 1.89 bits per heavy atom. The molecule has 1 aromatic carbocycles. The molecule has 0 aromatic heterocycles. The average Bonchev–Trinajstić information content (AvgIpc) is 2.39. The van der Waals surface area contributed by atoms with E-state index in [2.05, 4.69) is 57.3 Å². The van der Waals surface area contributed by atoms with Crippen LogP contribution in [-0.2, 0) is 4.79 Å². The van der Waals surface area contributed by atoms with Gasteiger partial charge < -0.3 is 5.32 Å². The van der Waals surface area contributed by atoms with Gasteiger partial charge in [-0.2, -0.15) is 0 Å². The Morgan fingerprint density at radius 1 is 1.32 bits per heavy atom. The van der Waals surface area contributed by atoms with Crippen LogP contribution in [-0.4, -0.2) is 29.9 Å². The standard InChI is InChI=1S/C15H21BrN2O/c1-11(13-3-5-14(16)6-4-13)18-9-7-15(8-10-18)17-12(2)19/h3-6,11,15H,7-10H2,1-2H3,(H,17,19)/t11-/m0/s1. The van der Waals surface area contributed by atoms with Crippen molar-refractivity contribution in [3.63, 3.8) is 0 Å². The lowest BCUT2D eigenvalue weighted by Gasteiger charge is -2.36. The van der Waals surface area contributed by atoms with Crippen molar-refractivity contribution in [2.24, 2.45) is 0 Å². The summed E-state index contributed by atoms with van der Waals surface area (Å²) in [5, 5.41) is 3.02. The first-order valence-corrected chi connectivity index (χ1v) is 7.62. The average molecular weight is 325 g/mol. The molecule has 1 atom stereocenters. The minimum atomic E-state index is 0.0828. The molecule has 1 N–H and O–H groups in total. The zero-order valence-electron chi connectivity index (χ0n) is 11.5. The molecule has 0 radical (unpaired) electrons. The van der Waals surface area contributed by atoms with E-state index in [1.807, 2.05) is 0 Å². The minimum Gasteiger partial charge on any atom is -0.354 e. The van der Waals surface area contributed by atoms with Crippen LogP contribution in [0.25, 0.3) is 0 Å². The van der Waals surface area contributed by atoms with Crippen molar-refractivity contribution >= 4 is 21.8 Å². The highest BCUT2D eigenvalue weighted by molar-refractivity contribution is 9.10. The number of likely N-dealkylation sites (tertiary alicyclic amines) is 1. The zero-order chi connectivity index (χ0) is 13.8. The summed E-state index contributed by atoms with van der Waals surface area (Å²) in [6.45, 7) is 5.93. The topological polar surface area (TPSA) is 32.3 Å². The fraction of sp³-hybridized carbons (Fsp3) is 0.533. The van der Waals surface area contributed by atoms with Crippen molar-refractivity contribution in [3.05, 3.63) is 34.3 Å². The molecule has 4 heteroatoms. The molecule has 0 unspecified atom stereocenters. The van der Waals surface area contributed by atoms with E-state index in [4.69, 9.17) is 0 Å². The number of hydrogen-bond donors (Lipinski definition) is 1. The number of amides is 1. The monoisotopic (exact) mass is 324 g/mol. The maximum absolute atomic E-state index is 11.1. The summed E-state index contributed by atoms with van der Waals surface area (Å²) in [6.07, 6.45) is 2.08. The van der Waals surface area contributed by atoms with Crippen molar-refractivity contribution in [1.29, 1.82) is 0 Å². The van der Waals surface area contributed by atoms with Gasteiger partial charge in [-0.25, -0.2) is 0 Å². The first-order chi connectivity index (χ1) is 9.06. The highest BCUT2D eigenvalue weighted by Gasteiger charge is 2.23. The highest BCUT2D eigenvalue weighted by Crippen LogP contribution is 2.25. The van der Waals surface area contributed by atoms with Crippen molar-refractivity contribution in [1.82, 2.24) is 10.2 Å². The van der Waals surface area contributed by atoms with E-state index >= 15 is 0 Å². The first-order valence-electron chi connectivity index (χ1n) is 6.83. The van der Waals surface area contributed by atoms with Gasteiger partial charge >= 0.3 is 0 Å². The Labute approximate surface area is 123 Å². The van der Waals surface area contributed by atoms with Gasteiger partial charge in [-0.05, 0) is 37.5 Å². The van der Waals surface area contributed by atoms with E-state index < -0.39 is 0 Å². The van der Waals surface area contributed by atoms with E-state index in [-0.39, 0.29) is 5.91 Å². The fourth-order valence-corrected chi connectivity index (χ4v) is 2.94. The molecule has 1 saturated heterocycles. The zero-order valence-corrected chi connectivity index (χ0v) is 13.1. The number of benzene rings is 1. The number of nitrogens with one attached hydrogen (secondary N) is 1. The largest absolute Gasteiger partial charge is 0.354 e. The van der Waals surface area contributed by atoms with Crippen LogP contribution >= 0.6 is 15.9 Å². The summed E-state index contributed by atoms with van der Waals surface area (Å²) in [7, 11) is 0. The molecule has 0 saturated carbocycles. The van der Waals surface area contributed by atoms with Crippen LogP contribution in [0.1, 0.15) is 38.3 Å². The lowest BCUT2D eigenvalue weighted by Crippen LogP contribution is -2.44. The predicted molar refractivity (Wildman–Crippen MR) is 81.0 cm³/mol. The number of halogens is 1. The minimum absolute atomic E-state index is 0.0828. The van der Waals surface area contributed by atoms with Crippen LogP contribution in [0.15, 0.2) is 28.7 Å². The molecule has 104 valence electrons. The van der Waals surface area contributed by atoms with E-state index in [1.165, 1.54) is 5.56 Å². The van der Waals surface area contributed by atoms with Crippen molar-refractivity contribution in [2.45, 2.75) is 38.8 Å². The van der Waals surface area contributed by atoms with Gasteiger partial charge in [0.2, 0.25) is 5.91 Å². The maximum Gasteiger partial charge on any atom is 0.217 e. The number of piperidine rings is 1. The van der Waals surface area contributed by atoms with Gasteiger partial charge in [-0.1, -0.05) is 28.1 Å². The molecular formula is C15H21BrN2O. The second-order valence-electron chi connectivity index (χ2n) is 5.24. The van der Waals surface area contributed by atoms with Crippen LogP contribution in [0, 0.1) is 0 Å². The van der Waals surface area contributed by atoms with Gasteiger partial charge in [0, 0.05) is 36.6 Å². The van der Waals surface area contributed by atoms with Crippen LogP contribution < -0.4 is 5.32 Å². The number of carbonyl (C=O) groups is 1. The van der Waals surface area contributed by atoms with E-state index in [1.54, 1.807) is 6.92 Å². The van der Waals surface area contributed by atoms with Crippen molar-refractivity contribution < 1.29 is 4.79 Å². The molecule has 1 amide bonds. The van der Waals surface area contributed by atoms with Gasteiger partial charge in [0.25, 0.3) is 0 Å². The molecular weight excluding hydrogens is 304 g/mol. The normalized spacial score (nSPS) is 19.1. The number of nitrogens with zero attached hydrogens (tertiary/aromatic N) is 1. The quantitative estimate of drug-likeness (QED) is 0.926. The third kappa shape index (κ3) is 4.05. The molecule has 1 fully saturated rings. The molecule has 2 rings (SSSR count). The summed E-state index contributed by atoms with van der Waals surface area (Å²) in [6, 6.07) is 9.33. The second kappa shape index (κ2) is 6.53. The highest BCUT2D eigenvalue weighted by atomic mass is 79.9. The Kier molecular flexibility index (Phi) is 4.99. The van der Waals surface area contributed by atoms with E-state index in [0.717, 1.165) is 30.4 Å². The molecule has 1 aliphatic heterocycles. The van der Waals surface area contributed by atoms with Crippen LogP contribution in [0.2, 0.25) is 0 Å². The summed E-state index contributed by atoms with van der Waals surface area (Å²) < 4.78 is 1.12. The molecule has 0 aliphatic carbocycles. The Hall–Kier alpha value is -0.870.